The van der Waals surface area contributed by atoms with Crippen molar-refractivity contribution < 1.29 is 18.7 Å². The molecule has 2 rings (SSSR count). The Kier molecular flexibility index (Phi) is 3.56. The Labute approximate surface area is 101 Å². The lowest BCUT2D eigenvalue weighted by Crippen LogP contribution is -2.18. The van der Waals surface area contributed by atoms with E-state index in [0.717, 1.165) is 0 Å². The van der Waals surface area contributed by atoms with Gasteiger partial charge in [-0.3, -0.25) is 0 Å². The van der Waals surface area contributed by atoms with Crippen LogP contribution in [0.4, 0.5) is 4.39 Å². The summed E-state index contributed by atoms with van der Waals surface area (Å²) < 4.78 is 23.5. The average molecular weight is 289 g/mol. The van der Waals surface area contributed by atoms with Crippen LogP contribution >= 0.6 is 15.9 Å². The molecule has 0 bridgehead atoms. The molecule has 16 heavy (non-hydrogen) atoms. The first-order chi connectivity index (χ1) is 7.66. The number of esters is 1. The van der Waals surface area contributed by atoms with Crippen molar-refractivity contribution in [3.63, 3.8) is 0 Å². The summed E-state index contributed by atoms with van der Waals surface area (Å²) in [6, 6.07) is 4.04. The second-order valence-electron chi connectivity index (χ2n) is 3.52. The maximum Gasteiger partial charge on any atom is 0.338 e. The Morgan fingerprint density at radius 1 is 1.56 bits per heavy atom. The maximum absolute atomic E-state index is 12.9. The molecule has 0 spiro atoms. The highest BCUT2D eigenvalue weighted by atomic mass is 79.9. The third-order valence-corrected chi connectivity index (χ3v) is 2.92. The van der Waals surface area contributed by atoms with E-state index in [-0.39, 0.29) is 10.6 Å². The molecule has 1 aliphatic heterocycles. The summed E-state index contributed by atoms with van der Waals surface area (Å²) in [6.45, 7) is 1.05. The predicted octanol–water partition coefficient (Wildman–Crippen LogP) is 2.53. The fraction of sp³-hybridized carbons (Fsp3) is 0.364. The van der Waals surface area contributed by atoms with E-state index in [2.05, 4.69) is 15.9 Å². The molecule has 1 heterocycles. The molecule has 0 radical (unpaired) electrons. The maximum atomic E-state index is 12.9. The van der Waals surface area contributed by atoms with Crippen LogP contribution in [0, 0.1) is 5.82 Å². The smallest absolute Gasteiger partial charge is 0.338 e. The molecule has 0 aliphatic carbocycles. The van der Waals surface area contributed by atoms with Gasteiger partial charge in [-0.05, 0) is 34.1 Å². The number of carbonyl (C=O) groups excluding carboxylic acids is 1. The minimum atomic E-state index is -0.448. The van der Waals surface area contributed by atoms with Crippen LogP contribution in [0.1, 0.15) is 16.8 Å². The molecule has 1 aromatic carbocycles. The number of halogens is 2. The average Bonchev–Trinajstić information content (AvgIpc) is 2.74. The quantitative estimate of drug-likeness (QED) is 0.785. The molecule has 0 N–H and O–H groups in total. The van der Waals surface area contributed by atoms with Crippen LogP contribution in [0.2, 0.25) is 0 Å². The van der Waals surface area contributed by atoms with E-state index in [1.807, 2.05) is 0 Å². The molecular weight excluding hydrogens is 279 g/mol. The molecule has 1 fully saturated rings. The molecule has 1 aromatic rings. The molecule has 0 amide bonds. The van der Waals surface area contributed by atoms with Gasteiger partial charge in [-0.1, -0.05) is 0 Å². The Morgan fingerprint density at radius 3 is 3.00 bits per heavy atom. The van der Waals surface area contributed by atoms with Crippen molar-refractivity contribution >= 4 is 21.9 Å². The van der Waals surface area contributed by atoms with Gasteiger partial charge < -0.3 is 9.47 Å². The van der Waals surface area contributed by atoms with E-state index < -0.39 is 11.8 Å². The molecule has 1 atom stereocenters. The van der Waals surface area contributed by atoms with Crippen molar-refractivity contribution in [1.29, 1.82) is 0 Å². The van der Waals surface area contributed by atoms with Gasteiger partial charge in [0.25, 0.3) is 0 Å². The van der Waals surface area contributed by atoms with Gasteiger partial charge in [-0.15, -0.1) is 0 Å². The standard InChI is InChI=1S/C11H10BrFO3/c12-9-5-7(1-2-10(9)13)11(14)16-8-3-4-15-6-8/h1-2,5,8H,3-4,6H2. The second-order valence-corrected chi connectivity index (χ2v) is 4.37. The lowest BCUT2D eigenvalue weighted by atomic mass is 10.2. The van der Waals surface area contributed by atoms with E-state index in [0.29, 0.717) is 25.2 Å². The zero-order chi connectivity index (χ0) is 11.5. The normalized spacial score (nSPS) is 19.8. The van der Waals surface area contributed by atoms with Crippen molar-refractivity contribution in [2.75, 3.05) is 13.2 Å². The summed E-state index contributed by atoms with van der Waals surface area (Å²) in [6.07, 6.45) is 0.532. The summed E-state index contributed by atoms with van der Waals surface area (Å²) in [5.74, 6) is -0.850. The molecule has 3 nitrogen and oxygen atoms in total. The zero-order valence-electron chi connectivity index (χ0n) is 8.41. The first kappa shape index (κ1) is 11.5. The van der Waals surface area contributed by atoms with E-state index in [1.54, 1.807) is 0 Å². The van der Waals surface area contributed by atoms with E-state index >= 15 is 0 Å². The highest BCUT2D eigenvalue weighted by molar-refractivity contribution is 9.10. The Morgan fingerprint density at radius 2 is 2.38 bits per heavy atom. The third kappa shape index (κ3) is 2.59. The van der Waals surface area contributed by atoms with Gasteiger partial charge in [0.2, 0.25) is 0 Å². The van der Waals surface area contributed by atoms with Crippen LogP contribution in [-0.4, -0.2) is 25.3 Å². The van der Waals surface area contributed by atoms with Crippen LogP contribution in [-0.2, 0) is 9.47 Å². The Balaban J connectivity index is 2.05. The highest BCUT2D eigenvalue weighted by Crippen LogP contribution is 2.18. The summed E-state index contributed by atoms with van der Waals surface area (Å²) in [4.78, 5) is 11.6. The van der Waals surface area contributed by atoms with Crippen molar-refractivity contribution in [3.05, 3.63) is 34.1 Å². The molecule has 1 unspecified atom stereocenters. The minimum Gasteiger partial charge on any atom is -0.456 e. The minimum absolute atomic E-state index is 0.184. The summed E-state index contributed by atoms with van der Waals surface area (Å²) >= 11 is 3.02. The van der Waals surface area contributed by atoms with Gasteiger partial charge >= 0.3 is 5.97 Å². The van der Waals surface area contributed by atoms with Crippen LogP contribution in [0.5, 0.6) is 0 Å². The second kappa shape index (κ2) is 4.93. The SMILES string of the molecule is O=C(OC1CCOC1)c1ccc(F)c(Br)c1. The van der Waals surface area contributed by atoms with E-state index in [1.165, 1.54) is 18.2 Å². The molecule has 86 valence electrons. The van der Waals surface area contributed by atoms with Crippen LogP contribution in [0.3, 0.4) is 0 Å². The van der Waals surface area contributed by atoms with Gasteiger partial charge in [0.15, 0.2) is 0 Å². The Bertz CT molecular complexity index is 402. The van der Waals surface area contributed by atoms with Gasteiger partial charge in [0.1, 0.15) is 11.9 Å². The highest BCUT2D eigenvalue weighted by Gasteiger charge is 2.21. The fourth-order valence-electron chi connectivity index (χ4n) is 1.45. The first-order valence-corrected chi connectivity index (χ1v) is 5.70. The Hall–Kier alpha value is -0.940. The van der Waals surface area contributed by atoms with Crippen molar-refractivity contribution in [2.24, 2.45) is 0 Å². The van der Waals surface area contributed by atoms with Crippen LogP contribution in [0.15, 0.2) is 22.7 Å². The summed E-state index contributed by atoms with van der Waals surface area (Å²) in [5, 5.41) is 0. The van der Waals surface area contributed by atoms with Crippen LogP contribution < -0.4 is 0 Å². The molecule has 0 aromatic heterocycles. The van der Waals surface area contributed by atoms with E-state index in [9.17, 15) is 9.18 Å². The van der Waals surface area contributed by atoms with Gasteiger partial charge in [-0.2, -0.15) is 0 Å². The van der Waals surface area contributed by atoms with Crippen molar-refractivity contribution in [1.82, 2.24) is 0 Å². The molecule has 1 aliphatic rings. The van der Waals surface area contributed by atoms with Crippen molar-refractivity contribution in [2.45, 2.75) is 12.5 Å². The summed E-state index contributed by atoms with van der Waals surface area (Å²) in [7, 11) is 0. The van der Waals surface area contributed by atoms with E-state index in [4.69, 9.17) is 9.47 Å². The topological polar surface area (TPSA) is 35.5 Å². The molecule has 5 heteroatoms. The zero-order valence-corrected chi connectivity index (χ0v) is 10.00. The van der Waals surface area contributed by atoms with Gasteiger partial charge in [0, 0.05) is 6.42 Å². The number of benzene rings is 1. The van der Waals surface area contributed by atoms with Gasteiger partial charge in [-0.25, -0.2) is 9.18 Å². The molecular formula is C11H10BrFO3. The summed E-state index contributed by atoms with van der Waals surface area (Å²) in [5.41, 5.74) is 0.333. The number of rotatable bonds is 2. The number of hydrogen-bond donors (Lipinski definition) is 0. The van der Waals surface area contributed by atoms with Crippen LogP contribution in [0.25, 0.3) is 0 Å². The third-order valence-electron chi connectivity index (χ3n) is 2.32. The largest absolute Gasteiger partial charge is 0.456 e. The lowest BCUT2D eigenvalue weighted by molar-refractivity contribution is 0.0270. The molecule has 0 saturated carbocycles. The van der Waals surface area contributed by atoms with Gasteiger partial charge in [0.05, 0.1) is 23.2 Å². The monoisotopic (exact) mass is 288 g/mol. The first-order valence-electron chi connectivity index (χ1n) is 4.90. The number of ether oxygens (including phenoxy) is 2. The lowest BCUT2D eigenvalue weighted by Gasteiger charge is -2.10. The number of hydrogen-bond acceptors (Lipinski definition) is 3. The fourth-order valence-corrected chi connectivity index (χ4v) is 1.83. The molecule has 1 saturated heterocycles. The predicted molar refractivity (Wildman–Crippen MR) is 58.7 cm³/mol. The number of carbonyl (C=O) groups is 1. The van der Waals surface area contributed by atoms with Crippen molar-refractivity contribution in [3.8, 4) is 0 Å².